The summed E-state index contributed by atoms with van der Waals surface area (Å²) < 4.78 is 5.40. The number of thiophene rings is 1. The van der Waals surface area contributed by atoms with Gasteiger partial charge in [-0.25, -0.2) is 4.99 Å². The monoisotopic (exact) mass is 197 g/mol. The van der Waals surface area contributed by atoms with Crippen molar-refractivity contribution in [3.05, 3.63) is 22.4 Å². The topological polar surface area (TPSA) is 41.8 Å². The van der Waals surface area contributed by atoms with Gasteiger partial charge in [0.15, 0.2) is 0 Å². The predicted molar refractivity (Wildman–Crippen MR) is 52.3 cm³/mol. The van der Waals surface area contributed by atoms with Crippen LogP contribution in [0, 0.1) is 0 Å². The molecule has 0 unspecified atom stereocenters. The molecular formula is C9H11NO2S. The van der Waals surface area contributed by atoms with Gasteiger partial charge in [-0.15, -0.1) is 11.3 Å². The van der Waals surface area contributed by atoms with Gasteiger partial charge in [0.25, 0.3) is 0 Å². The van der Waals surface area contributed by atoms with Crippen molar-refractivity contribution in [3.8, 4) is 0 Å². The van der Waals surface area contributed by atoms with Crippen molar-refractivity contribution in [1.82, 2.24) is 0 Å². The molecule has 1 aliphatic heterocycles. The summed E-state index contributed by atoms with van der Waals surface area (Å²) in [4.78, 5) is 5.36. The van der Waals surface area contributed by atoms with Gasteiger partial charge in [0.1, 0.15) is 12.1 Å². The van der Waals surface area contributed by atoms with Crippen molar-refractivity contribution in [2.24, 2.45) is 4.99 Å². The summed E-state index contributed by atoms with van der Waals surface area (Å²) in [7, 11) is 0. The Balaban J connectivity index is 2.24. The van der Waals surface area contributed by atoms with E-state index in [1.807, 2.05) is 24.4 Å². The standard InChI is InChI=1S/C9H11NO2S/c1-9(5-11)6-12-8(10-9)7-3-2-4-13-7/h2-4,11H,5-6H2,1H3/t9-/m1/s1. The van der Waals surface area contributed by atoms with Crippen LogP contribution in [0.4, 0.5) is 0 Å². The number of rotatable bonds is 2. The Morgan fingerprint density at radius 3 is 3.15 bits per heavy atom. The van der Waals surface area contributed by atoms with Crippen molar-refractivity contribution < 1.29 is 9.84 Å². The van der Waals surface area contributed by atoms with Gasteiger partial charge in [-0.1, -0.05) is 6.07 Å². The molecule has 1 aromatic rings. The van der Waals surface area contributed by atoms with Gasteiger partial charge in [-0.3, -0.25) is 0 Å². The van der Waals surface area contributed by atoms with E-state index in [9.17, 15) is 0 Å². The SMILES string of the molecule is C[C@@]1(CO)COC(c2cccs2)=N1. The van der Waals surface area contributed by atoms with Crippen LogP contribution in [0.15, 0.2) is 22.5 Å². The van der Waals surface area contributed by atoms with E-state index in [1.54, 1.807) is 11.3 Å². The molecule has 0 aliphatic carbocycles. The largest absolute Gasteiger partial charge is 0.474 e. The molecule has 2 rings (SSSR count). The molecule has 1 atom stereocenters. The van der Waals surface area contributed by atoms with Crippen LogP contribution < -0.4 is 0 Å². The summed E-state index contributed by atoms with van der Waals surface area (Å²) in [6.45, 7) is 2.38. The maximum Gasteiger partial charge on any atom is 0.227 e. The Bertz CT molecular complexity index is 320. The van der Waals surface area contributed by atoms with Crippen LogP contribution in [0.2, 0.25) is 0 Å². The zero-order valence-electron chi connectivity index (χ0n) is 7.36. The highest BCUT2D eigenvalue weighted by molar-refractivity contribution is 7.12. The molecule has 4 heteroatoms. The molecule has 0 aromatic carbocycles. The first-order chi connectivity index (χ1) is 6.23. The summed E-state index contributed by atoms with van der Waals surface area (Å²) in [6.07, 6.45) is 0. The van der Waals surface area contributed by atoms with E-state index in [0.29, 0.717) is 12.5 Å². The van der Waals surface area contributed by atoms with Crippen LogP contribution in [-0.2, 0) is 4.74 Å². The van der Waals surface area contributed by atoms with E-state index in [2.05, 4.69) is 4.99 Å². The highest BCUT2D eigenvalue weighted by Crippen LogP contribution is 2.22. The lowest BCUT2D eigenvalue weighted by Gasteiger charge is -2.12. The highest BCUT2D eigenvalue weighted by atomic mass is 32.1. The summed E-state index contributed by atoms with van der Waals surface area (Å²) in [5, 5.41) is 11.0. The molecule has 2 heterocycles. The number of aliphatic hydroxyl groups excluding tert-OH is 1. The summed E-state index contributed by atoms with van der Waals surface area (Å²) in [5.74, 6) is 0.659. The Kier molecular flexibility index (Phi) is 2.09. The molecule has 0 saturated carbocycles. The van der Waals surface area contributed by atoms with Crippen LogP contribution >= 0.6 is 11.3 Å². The average molecular weight is 197 g/mol. The lowest BCUT2D eigenvalue weighted by atomic mass is 10.1. The number of hydrogen-bond acceptors (Lipinski definition) is 4. The maximum absolute atomic E-state index is 9.06. The van der Waals surface area contributed by atoms with E-state index in [0.717, 1.165) is 4.88 Å². The highest BCUT2D eigenvalue weighted by Gasteiger charge is 2.31. The van der Waals surface area contributed by atoms with Crippen molar-refractivity contribution >= 4 is 17.2 Å². The van der Waals surface area contributed by atoms with Crippen LogP contribution in [0.3, 0.4) is 0 Å². The third kappa shape index (κ3) is 1.59. The molecule has 0 spiro atoms. The molecule has 0 radical (unpaired) electrons. The molecular weight excluding hydrogens is 186 g/mol. The fourth-order valence-corrected chi connectivity index (χ4v) is 1.81. The second kappa shape index (κ2) is 3.12. The summed E-state index contributed by atoms with van der Waals surface area (Å²) in [5.41, 5.74) is -0.445. The molecule has 0 saturated heterocycles. The first-order valence-electron chi connectivity index (χ1n) is 4.11. The van der Waals surface area contributed by atoms with Gasteiger partial charge in [0.05, 0.1) is 11.5 Å². The number of nitrogens with zero attached hydrogens (tertiary/aromatic N) is 1. The second-order valence-electron chi connectivity index (χ2n) is 3.34. The fourth-order valence-electron chi connectivity index (χ4n) is 1.14. The van der Waals surface area contributed by atoms with E-state index >= 15 is 0 Å². The predicted octanol–water partition coefficient (Wildman–Crippen LogP) is 1.28. The molecule has 0 fully saturated rings. The lowest BCUT2D eigenvalue weighted by Crippen LogP contribution is -2.28. The third-order valence-electron chi connectivity index (χ3n) is 1.96. The van der Waals surface area contributed by atoms with Gasteiger partial charge in [-0.05, 0) is 18.4 Å². The molecule has 1 aromatic heterocycles. The quantitative estimate of drug-likeness (QED) is 0.776. The lowest BCUT2D eigenvalue weighted by molar-refractivity contribution is 0.170. The first kappa shape index (κ1) is 8.72. The molecule has 3 nitrogen and oxygen atoms in total. The van der Waals surface area contributed by atoms with Crippen LogP contribution in [0.5, 0.6) is 0 Å². The fraction of sp³-hybridized carbons (Fsp3) is 0.444. The minimum absolute atomic E-state index is 0.0296. The van der Waals surface area contributed by atoms with E-state index < -0.39 is 5.54 Å². The van der Waals surface area contributed by atoms with E-state index in [4.69, 9.17) is 9.84 Å². The smallest absolute Gasteiger partial charge is 0.227 e. The maximum atomic E-state index is 9.06. The van der Waals surface area contributed by atoms with Crippen molar-refractivity contribution in [2.45, 2.75) is 12.5 Å². The van der Waals surface area contributed by atoms with Crippen molar-refractivity contribution in [1.29, 1.82) is 0 Å². The van der Waals surface area contributed by atoms with Gasteiger partial charge in [0, 0.05) is 0 Å². The molecule has 13 heavy (non-hydrogen) atoms. The summed E-state index contributed by atoms with van der Waals surface area (Å²) >= 11 is 1.59. The Labute approximate surface area is 80.7 Å². The summed E-state index contributed by atoms with van der Waals surface area (Å²) in [6, 6.07) is 3.92. The Morgan fingerprint density at radius 2 is 2.62 bits per heavy atom. The second-order valence-corrected chi connectivity index (χ2v) is 4.29. The third-order valence-corrected chi connectivity index (χ3v) is 2.82. The Morgan fingerprint density at radius 1 is 1.77 bits per heavy atom. The van der Waals surface area contributed by atoms with Gasteiger partial charge >= 0.3 is 0 Å². The van der Waals surface area contributed by atoms with Gasteiger partial charge in [0.2, 0.25) is 5.90 Å². The molecule has 1 N–H and O–H groups in total. The van der Waals surface area contributed by atoms with E-state index in [-0.39, 0.29) is 6.61 Å². The average Bonchev–Trinajstić information content (AvgIpc) is 2.73. The molecule has 70 valence electrons. The molecule has 1 aliphatic rings. The normalized spacial score (nSPS) is 27.1. The van der Waals surface area contributed by atoms with Crippen molar-refractivity contribution in [3.63, 3.8) is 0 Å². The van der Waals surface area contributed by atoms with Gasteiger partial charge < -0.3 is 9.84 Å². The number of ether oxygens (including phenoxy) is 1. The Hall–Kier alpha value is -0.870. The van der Waals surface area contributed by atoms with Crippen molar-refractivity contribution in [2.75, 3.05) is 13.2 Å². The van der Waals surface area contributed by atoms with Crippen LogP contribution in [0.25, 0.3) is 0 Å². The number of hydrogen-bond donors (Lipinski definition) is 1. The number of aliphatic imine (C=N–C) groups is 1. The minimum Gasteiger partial charge on any atom is -0.474 e. The number of aliphatic hydroxyl groups is 1. The molecule has 0 bridgehead atoms. The van der Waals surface area contributed by atoms with Crippen LogP contribution in [0.1, 0.15) is 11.8 Å². The zero-order valence-corrected chi connectivity index (χ0v) is 8.17. The van der Waals surface area contributed by atoms with E-state index in [1.165, 1.54) is 0 Å². The first-order valence-corrected chi connectivity index (χ1v) is 4.99. The van der Waals surface area contributed by atoms with Crippen LogP contribution in [-0.4, -0.2) is 29.8 Å². The zero-order chi connectivity index (χ0) is 9.31. The minimum atomic E-state index is -0.445. The molecule has 0 amide bonds. The van der Waals surface area contributed by atoms with Gasteiger partial charge in [-0.2, -0.15) is 0 Å².